The van der Waals surface area contributed by atoms with Crippen LogP contribution >= 0.6 is 22.6 Å². The monoisotopic (exact) mass is 471 g/mol. The smallest absolute Gasteiger partial charge is 0.252 e. The molecule has 0 aliphatic rings. The molecule has 6 heteroatoms. The van der Waals surface area contributed by atoms with Gasteiger partial charge in [-0.3, -0.25) is 9.59 Å². The molecule has 0 saturated carbocycles. The van der Waals surface area contributed by atoms with Crippen molar-refractivity contribution in [1.29, 1.82) is 0 Å². The third-order valence-electron chi connectivity index (χ3n) is 3.76. The predicted octanol–water partition coefficient (Wildman–Crippen LogP) is 4.40. The zero-order valence-corrected chi connectivity index (χ0v) is 16.6. The third kappa shape index (κ3) is 5.55. The van der Waals surface area contributed by atoms with Crippen LogP contribution in [0, 0.1) is 3.57 Å². The molecule has 0 unspecified atom stereocenters. The van der Waals surface area contributed by atoms with Crippen LogP contribution in [0.15, 0.2) is 78.9 Å². The summed E-state index contributed by atoms with van der Waals surface area (Å²) in [6.07, 6.45) is 0. The maximum atomic E-state index is 12.1. The summed E-state index contributed by atoms with van der Waals surface area (Å²) in [5, 5.41) is 8.68. The summed E-state index contributed by atoms with van der Waals surface area (Å²) in [4.78, 5) is 24.2. The van der Waals surface area contributed by atoms with E-state index in [2.05, 4.69) is 38.5 Å². The number of nitrogens with one attached hydrogen (secondary N) is 3. The topological polar surface area (TPSA) is 70.2 Å². The first-order valence-corrected chi connectivity index (χ1v) is 9.44. The summed E-state index contributed by atoms with van der Waals surface area (Å²) < 4.78 is 0.842. The number of benzene rings is 3. The van der Waals surface area contributed by atoms with Crippen molar-refractivity contribution in [3.8, 4) is 0 Å². The molecule has 136 valence electrons. The first kappa shape index (κ1) is 18.9. The lowest BCUT2D eigenvalue weighted by atomic mass is 10.2. The summed E-state index contributed by atoms with van der Waals surface area (Å²) in [6.45, 7) is -0.0895. The third-order valence-corrected chi connectivity index (χ3v) is 4.70. The van der Waals surface area contributed by atoms with E-state index in [1.807, 2.05) is 66.7 Å². The predicted molar refractivity (Wildman–Crippen MR) is 116 cm³/mol. The molecule has 0 fully saturated rings. The van der Waals surface area contributed by atoms with Gasteiger partial charge in [0, 0.05) is 20.6 Å². The van der Waals surface area contributed by atoms with Gasteiger partial charge in [-0.25, -0.2) is 0 Å². The second-order valence-corrected chi connectivity index (χ2v) is 6.94. The van der Waals surface area contributed by atoms with E-state index < -0.39 is 0 Å². The van der Waals surface area contributed by atoms with Crippen LogP contribution in [0.3, 0.4) is 0 Å². The average molecular weight is 471 g/mol. The second kappa shape index (κ2) is 9.18. The molecular formula is C21H18IN3O2. The summed E-state index contributed by atoms with van der Waals surface area (Å²) in [6, 6.07) is 24.5. The number of carbonyl (C=O) groups excluding carboxylic acids is 2. The van der Waals surface area contributed by atoms with E-state index in [0.717, 1.165) is 14.9 Å². The molecule has 0 bridgehead atoms. The van der Waals surface area contributed by atoms with Crippen molar-refractivity contribution in [2.24, 2.45) is 0 Å². The lowest BCUT2D eigenvalue weighted by Gasteiger charge is -2.10. The van der Waals surface area contributed by atoms with Crippen LogP contribution in [0.1, 0.15) is 10.4 Å². The molecule has 27 heavy (non-hydrogen) atoms. The zero-order valence-electron chi connectivity index (χ0n) is 14.4. The Morgan fingerprint density at radius 2 is 1.33 bits per heavy atom. The highest BCUT2D eigenvalue weighted by atomic mass is 127. The van der Waals surface area contributed by atoms with Gasteiger partial charge in [0.05, 0.1) is 12.1 Å². The number of anilines is 3. The first-order valence-electron chi connectivity index (χ1n) is 8.36. The molecular weight excluding hydrogens is 453 g/mol. The van der Waals surface area contributed by atoms with Crippen LogP contribution in [0.4, 0.5) is 17.1 Å². The van der Waals surface area contributed by atoms with Gasteiger partial charge in [-0.1, -0.05) is 30.3 Å². The molecule has 3 rings (SSSR count). The van der Waals surface area contributed by atoms with Crippen LogP contribution < -0.4 is 16.0 Å². The highest BCUT2D eigenvalue weighted by molar-refractivity contribution is 14.1. The highest BCUT2D eigenvalue weighted by Crippen LogP contribution is 2.18. The fraction of sp³-hybridized carbons (Fsp3) is 0.0476. The van der Waals surface area contributed by atoms with E-state index in [9.17, 15) is 9.59 Å². The first-order chi connectivity index (χ1) is 13.1. The van der Waals surface area contributed by atoms with Gasteiger partial charge < -0.3 is 16.0 Å². The van der Waals surface area contributed by atoms with Crippen LogP contribution in [-0.4, -0.2) is 18.4 Å². The van der Waals surface area contributed by atoms with E-state index in [1.165, 1.54) is 0 Å². The van der Waals surface area contributed by atoms with Gasteiger partial charge >= 0.3 is 0 Å². The van der Waals surface area contributed by atoms with E-state index in [-0.39, 0.29) is 18.4 Å². The molecule has 3 aromatic rings. The maximum absolute atomic E-state index is 12.1. The molecule has 3 aromatic carbocycles. The highest BCUT2D eigenvalue weighted by Gasteiger charge is 2.10. The van der Waals surface area contributed by atoms with Crippen molar-refractivity contribution in [3.63, 3.8) is 0 Å². The Morgan fingerprint density at radius 1 is 0.741 bits per heavy atom. The minimum absolute atomic E-state index is 0.0895. The van der Waals surface area contributed by atoms with Crippen molar-refractivity contribution in [2.45, 2.75) is 0 Å². The Hall–Kier alpha value is -2.87. The van der Waals surface area contributed by atoms with Gasteiger partial charge in [0.1, 0.15) is 0 Å². The summed E-state index contributed by atoms with van der Waals surface area (Å²) >= 11 is 2.09. The quantitative estimate of drug-likeness (QED) is 0.467. The van der Waals surface area contributed by atoms with E-state index in [0.29, 0.717) is 11.3 Å². The van der Waals surface area contributed by atoms with Crippen molar-refractivity contribution in [3.05, 3.63) is 88.0 Å². The van der Waals surface area contributed by atoms with Gasteiger partial charge in [0.15, 0.2) is 0 Å². The fourth-order valence-electron chi connectivity index (χ4n) is 2.43. The van der Waals surface area contributed by atoms with E-state index >= 15 is 0 Å². The van der Waals surface area contributed by atoms with Crippen molar-refractivity contribution in [2.75, 3.05) is 17.2 Å². The Labute approximate surface area is 171 Å². The van der Waals surface area contributed by atoms with Gasteiger partial charge in [0.2, 0.25) is 5.91 Å². The number of amides is 2. The largest absolute Gasteiger partial charge is 0.356 e. The SMILES string of the molecule is O=C(CNC(=O)c1ccccc1I)Nc1ccc(Nc2ccccc2)cc1. The normalized spacial score (nSPS) is 10.1. The molecule has 0 heterocycles. The zero-order chi connectivity index (χ0) is 19.1. The molecule has 0 saturated heterocycles. The van der Waals surface area contributed by atoms with Crippen LogP contribution in [0.5, 0.6) is 0 Å². The van der Waals surface area contributed by atoms with Gasteiger partial charge in [-0.05, 0) is 71.1 Å². The lowest BCUT2D eigenvalue weighted by molar-refractivity contribution is -0.115. The Balaban J connectivity index is 1.50. The van der Waals surface area contributed by atoms with Crippen LogP contribution in [0.25, 0.3) is 0 Å². The average Bonchev–Trinajstić information content (AvgIpc) is 2.69. The molecule has 3 N–H and O–H groups in total. The van der Waals surface area contributed by atoms with Gasteiger partial charge in [-0.2, -0.15) is 0 Å². The molecule has 0 atom stereocenters. The number of halogens is 1. The molecule has 0 aliphatic heterocycles. The van der Waals surface area contributed by atoms with E-state index in [4.69, 9.17) is 0 Å². The summed E-state index contributed by atoms with van der Waals surface area (Å²) in [7, 11) is 0. The van der Waals surface area contributed by atoms with Crippen molar-refractivity contribution >= 4 is 51.5 Å². The van der Waals surface area contributed by atoms with E-state index in [1.54, 1.807) is 12.1 Å². The maximum Gasteiger partial charge on any atom is 0.252 e. The fourth-order valence-corrected chi connectivity index (χ4v) is 3.06. The Bertz CT molecular complexity index is 928. The number of hydrogen-bond acceptors (Lipinski definition) is 3. The van der Waals surface area contributed by atoms with Gasteiger partial charge in [0.25, 0.3) is 5.91 Å². The minimum Gasteiger partial charge on any atom is -0.356 e. The lowest BCUT2D eigenvalue weighted by Crippen LogP contribution is -2.33. The Kier molecular flexibility index (Phi) is 6.43. The number of para-hydroxylation sites is 1. The summed E-state index contributed by atoms with van der Waals surface area (Å²) in [5.74, 6) is -0.546. The molecule has 0 spiro atoms. The Morgan fingerprint density at radius 3 is 2.04 bits per heavy atom. The minimum atomic E-state index is -0.280. The number of carbonyl (C=O) groups is 2. The number of hydrogen-bond donors (Lipinski definition) is 3. The summed E-state index contributed by atoms with van der Waals surface area (Å²) in [5.41, 5.74) is 3.14. The number of rotatable bonds is 6. The van der Waals surface area contributed by atoms with Crippen LogP contribution in [0.2, 0.25) is 0 Å². The van der Waals surface area contributed by atoms with Gasteiger partial charge in [-0.15, -0.1) is 0 Å². The standard InChI is InChI=1S/C21H18IN3O2/c22-19-9-5-4-8-18(19)21(27)23-14-20(26)25-17-12-10-16(11-13-17)24-15-6-2-1-3-7-15/h1-13,24H,14H2,(H,23,27)(H,25,26). The van der Waals surface area contributed by atoms with Crippen molar-refractivity contribution < 1.29 is 9.59 Å². The molecule has 5 nitrogen and oxygen atoms in total. The van der Waals surface area contributed by atoms with Crippen LogP contribution in [-0.2, 0) is 4.79 Å². The van der Waals surface area contributed by atoms with Crippen molar-refractivity contribution in [1.82, 2.24) is 5.32 Å². The molecule has 0 radical (unpaired) electrons. The molecule has 0 aliphatic carbocycles. The second-order valence-electron chi connectivity index (χ2n) is 5.78. The molecule has 2 amide bonds. The molecule has 0 aromatic heterocycles.